The molecule has 0 radical (unpaired) electrons. The van der Waals surface area contributed by atoms with Crippen LogP contribution in [0.25, 0.3) is 0 Å². The van der Waals surface area contributed by atoms with Crippen LogP contribution in [0.1, 0.15) is 12.0 Å². The summed E-state index contributed by atoms with van der Waals surface area (Å²) >= 11 is 0. The largest absolute Gasteiger partial charge is 0.482 e. The van der Waals surface area contributed by atoms with Crippen molar-refractivity contribution in [2.24, 2.45) is 0 Å². The lowest BCUT2D eigenvalue weighted by Gasteiger charge is -2.27. The molecule has 3 rings (SSSR count). The average molecular weight is 290 g/mol. The molecule has 21 heavy (non-hydrogen) atoms. The number of ether oxygens (including phenoxy) is 2. The van der Waals surface area contributed by atoms with E-state index in [1.54, 1.807) is 11.0 Å². The zero-order chi connectivity index (χ0) is 14.7. The Bertz CT molecular complexity index is 553. The summed E-state index contributed by atoms with van der Waals surface area (Å²) in [5, 5.41) is 2.82. The number of anilines is 1. The zero-order valence-corrected chi connectivity index (χ0v) is 11.8. The highest BCUT2D eigenvalue weighted by molar-refractivity contribution is 5.95. The molecule has 2 heterocycles. The van der Waals surface area contributed by atoms with Gasteiger partial charge in [0.15, 0.2) is 6.61 Å². The van der Waals surface area contributed by atoms with Crippen LogP contribution in [0.5, 0.6) is 5.75 Å². The van der Waals surface area contributed by atoms with E-state index < -0.39 is 0 Å². The van der Waals surface area contributed by atoms with Gasteiger partial charge in [-0.3, -0.25) is 9.59 Å². The highest BCUT2D eigenvalue weighted by atomic mass is 16.5. The maximum Gasteiger partial charge on any atom is 0.260 e. The number of hydrogen-bond acceptors (Lipinski definition) is 4. The number of carbonyl (C=O) groups is 2. The Morgan fingerprint density at radius 1 is 1.29 bits per heavy atom. The first-order valence-corrected chi connectivity index (χ1v) is 7.14. The molecule has 6 nitrogen and oxygen atoms in total. The van der Waals surface area contributed by atoms with Crippen molar-refractivity contribution >= 4 is 17.5 Å². The van der Waals surface area contributed by atoms with Crippen LogP contribution >= 0.6 is 0 Å². The van der Waals surface area contributed by atoms with E-state index in [4.69, 9.17) is 9.47 Å². The molecule has 1 fully saturated rings. The molecule has 0 aliphatic carbocycles. The average Bonchev–Trinajstić information content (AvgIpc) is 2.53. The van der Waals surface area contributed by atoms with Crippen molar-refractivity contribution in [3.63, 3.8) is 0 Å². The first kappa shape index (κ1) is 13.9. The standard InChI is InChI=1S/C15H18N2O4/c18-13-5-4-11-2-1-3-12(15(11)16-13)21-10-14(19)17-6-8-20-9-7-17/h1-3H,4-10H2,(H,16,18). The molecular weight excluding hydrogens is 272 g/mol. The molecule has 0 atom stereocenters. The number of fused-ring (bicyclic) bond motifs is 1. The second-order valence-electron chi connectivity index (χ2n) is 5.12. The van der Waals surface area contributed by atoms with E-state index in [-0.39, 0.29) is 18.4 Å². The van der Waals surface area contributed by atoms with Gasteiger partial charge in [-0.15, -0.1) is 0 Å². The third kappa shape index (κ3) is 3.16. The summed E-state index contributed by atoms with van der Waals surface area (Å²) in [4.78, 5) is 25.3. The van der Waals surface area contributed by atoms with Crippen LogP contribution in [0.3, 0.4) is 0 Å². The third-order valence-corrected chi connectivity index (χ3v) is 3.71. The fraction of sp³-hybridized carbons (Fsp3) is 0.467. The molecule has 0 aromatic heterocycles. The molecule has 1 aromatic carbocycles. The van der Waals surface area contributed by atoms with E-state index >= 15 is 0 Å². The number of para-hydroxylation sites is 1. The van der Waals surface area contributed by atoms with Gasteiger partial charge in [-0.05, 0) is 18.1 Å². The topological polar surface area (TPSA) is 67.9 Å². The number of amides is 2. The van der Waals surface area contributed by atoms with Crippen LogP contribution in [0.4, 0.5) is 5.69 Å². The van der Waals surface area contributed by atoms with Crippen molar-refractivity contribution in [2.45, 2.75) is 12.8 Å². The van der Waals surface area contributed by atoms with E-state index in [0.717, 1.165) is 5.56 Å². The smallest absolute Gasteiger partial charge is 0.260 e. The van der Waals surface area contributed by atoms with Crippen LogP contribution in [0.2, 0.25) is 0 Å². The number of rotatable bonds is 3. The lowest BCUT2D eigenvalue weighted by Crippen LogP contribution is -2.43. The number of morpholine rings is 1. The highest BCUT2D eigenvalue weighted by Gasteiger charge is 2.21. The van der Waals surface area contributed by atoms with Gasteiger partial charge in [-0.1, -0.05) is 12.1 Å². The number of nitrogens with zero attached hydrogens (tertiary/aromatic N) is 1. The van der Waals surface area contributed by atoms with Gasteiger partial charge in [-0.2, -0.15) is 0 Å². The predicted molar refractivity (Wildman–Crippen MR) is 76.3 cm³/mol. The molecule has 1 saturated heterocycles. The molecular formula is C15H18N2O4. The lowest BCUT2D eigenvalue weighted by atomic mass is 10.0. The number of nitrogens with one attached hydrogen (secondary N) is 1. The van der Waals surface area contributed by atoms with E-state index in [0.29, 0.717) is 50.6 Å². The first-order valence-electron chi connectivity index (χ1n) is 7.14. The van der Waals surface area contributed by atoms with Crippen molar-refractivity contribution in [2.75, 3.05) is 38.2 Å². The van der Waals surface area contributed by atoms with Crippen LogP contribution in [-0.4, -0.2) is 49.6 Å². The van der Waals surface area contributed by atoms with Crippen molar-refractivity contribution < 1.29 is 19.1 Å². The molecule has 1 aromatic rings. The Kier molecular flexibility index (Phi) is 4.06. The van der Waals surface area contributed by atoms with Crippen LogP contribution < -0.4 is 10.1 Å². The molecule has 0 bridgehead atoms. The molecule has 2 aliphatic rings. The van der Waals surface area contributed by atoms with Crippen LogP contribution in [-0.2, 0) is 20.7 Å². The molecule has 2 amide bonds. The maximum absolute atomic E-state index is 12.1. The summed E-state index contributed by atoms with van der Waals surface area (Å²) < 4.78 is 10.8. The monoisotopic (exact) mass is 290 g/mol. The van der Waals surface area contributed by atoms with Crippen molar-refractivity contribution in [3.8, 4) is 5.75 Å². The minimum Gasteiger partial charge on any atom is -0.482 e. The summed E-state index contributed by atoms with van der Waals surface area (Å²) in [6.45, 7) is 2.33. The summed E-state index contributed by atoms with van der Waals surface area (Å²) in [6.07, 6.45) is 1.19. The summed E-state index contributed by atoms with van der Waals surface area (Å²) in [5.74, 6) is 0.484. The van der Waals surface area contributed by atoms with E-state index in [1.807, 2.05) is 12.1 Å². The molecule has 6 heteroatoms. The Hall–Kier alpha value is -2.08. The quantitative estimate of drug-likeness (QED) is 0.894. The fourth-order valence-electron chi connectivity index (χ4n) is 2.54. The molecule has 0 unspecified atom stereocenters. The van der Waals surface area contributed by atoms with Gasteiger partial charge < -0.3 is 19.7 Å². The van der Waals surface area contributed by atoms with E-state index in [2.05, 4.69) is 5.32 Å². The SMILES string of the molecule is O=C1CCc2cccc(OCC(=O)N3CCOCC3)c2N1. The van der Waals surface area contributed by atoms with Gasteiger partial charge in [-0.25, -0.2) is 0 Å². The van der Waals surface area contributed by atoms with Gasteiger partial charge in [0, 0.05) is 19.5 Å². The van der Waals surface area contributed by atoms with E-state index in [1.165, 1.54) is 0 Å². The summed E-state index contributed by atoms with van der Waals surface area (Å²) in [6, 6.07) is 5.62. The predicted octanol–water partition coefficient (Wildman–Crippen LogP) is 0.809. The third-order valence-electron chi connectivity index (χ3n) is 3.71. The van der Waals surface area contributed by atoms with Gasteiger partial charge in [0.05, 0.1) is 18.9 Å². The Morgan fingerprint density at radius 2 is 2.10 bits per heavy atom. The first-order chi connectivity index (χ1) is 10.2. The van der Waals surface area contributed by atoms with Crippen molar-refractivity contribution in [3.05, 3.63) is 23.8 Å². The van der Waals surface area contributed by atoms with Gasteiger partial charge in [0.25, 0.3) is 5.91 Å². The Labute approximate surface area is 123 Å². The summed E-state index contributed by atoms with van der Waals surface area (Å²) in [7, 11) is 0. The molecule has 112 valence electrons. The van der Waals surface area contributed by atoms with Crippen LogP contribution in [0.15, 0.2) is 18.2 Å². The molecule has 0 spiro atoms. The van der Waals surface area contributed by atoms with Crippen molar-refractivity contribution in [1.82, 2.24) is 4.90 Å². The van der Waals surface area contributed by atoms with Gasteiger partial charge in [0.2, 0.25) is 5.91 Å². The Balaban J connectivity index is 1.65. The van der Waals surface area contributed by atoms with Gasteiger partial charge >= 0.3 is 0 Å². The van der Waals surface area contributed by atoms with Crippen LogP contribution in [0, 0.1) is 0 Å². The normalized spacial score (nSPS) is 17.9. The zero-order valence-electron chi connectivity index (χ0n) is 11.8. The highest BCUT2D eigenvalue weighted by Crippen LogP contribution is 2.32. The maximum atomic E-state index is 12.1. The number of benzene rings is 1. The lowest BCUT2D eigenvalue weighted by molar-refractivity contribution is -0.137. The second kappa shape index (κ2) is 6.13. The fourth-order valence-corrected chi connectivity index (χ4v) is 2.54. The number of aryl methyl sites for hydroxylation is 1. The van der Waals surface area contributed by atoms with Gasteiger partial charge in [0.1, 0.15) is 5.75 Å². The second-order valence-corrected chi connectivity index (χ2v) is 5.12. The minimum atomic E-state index is -0.0574. The number of hydrogen-bond donors (Lipinski definition) is 1. The molecule has 1 N–H and O–H groups in total. The molecule has 2 aliphatic heterocycles. The Morgan fingerprint density at radius 3 is 2.90 bits per heavy atom. The van der Waals surface area contributed by atoms with E-state index in [9.17, 15) is 9.59 Å². The summed E-state index contributed by atoms with van der Waals surface area (Å²) in [5.41, 5.74) is 1.74. The minimum absolute atomic E-state index is 0.0157. The van der Waals surface area contributed by atoms with Crippen molar-refractivity contribution in [1.29, 1.82) is 0 Å². The number of carbonyl (C=O) groups excluding carboxylic acids is 2. The molecule has 0 saturated carbocycles.